The van der Waals surface area contributed by atoms with Gasteiger partial charge in [-0.25, -0.2) is 9.78 Å². The Morgan fingerprint density at radius 3 is 2.92 bits per heavy atom. The third kappa shape index (κ3) is 2.16. The number of rotatable bonds is 1. The van der Waals surface area contributed by atoms with E-state index in [1.807, 2.05) is 5.32 Å². The molecule has 0 aliphatic rings. The van der Waals surface area contributed by atoms with Crippen molar-refractivity contribution in [2.75, 3.05) is 5.32 Å². The first-order valence-corrected chi connectivity index (χ1v) is 3.70. The Hall–Kier alpha value is -1.17. The number of amides is 1. The first-order chi connectivity index (χ1) is 5.59. The lowest BCUT2D eigenvalue weighted by Gasteiger charge is -2.01. The van der Waals surface area contributed by atoms with E-state index in [1.165, 1.54) is 0 Å². The predicted molar refractivity (Wildman–Crippen MR) is 43.5 cm³/mol. The number of nitrogens with one attached hydrogen (secondary N) is 1. The number of carboxylic acid groups (broad SMARTS) is 1. The largest absolute Gasteiger partial charge is 0.465 e. The number of anilines is 1. The van der Waals surface area contributed by atoms with Crippen LogP contribution in [0.15, 0.2) is 16.7 Å². The number of carbonyl (C=O) groups is 1. The minimum absolute atomic E-state index is 0.212. The van der Waals surface area contributed by atoms with Crippen molar-refractivity contribution in [3.05, 3.63) is 22.7 Å². The zero-order valence-electron chi connectivity index (χ0n) is 5.71. The maximum atomic E-state index is 12.4. The Labute approximate surface area is 75.6 Å². The van der Waals surface area contributed by atoms with Crippen molar-refractivity contribution in [3.8, 4) is 0 Å². The molecule has 0 atom stereocenters. The quantitative estimate of drug-likeness (QED) is 0.732. The molecule has 2 N–H and O–H groups in total. The highest BCUT2D eigenvalue weighted by molar-refractivity contribution is 9.10. The molecule has 1 rings (SSSR count). The predicted octanol–water partition coefficient (Wildman–Crippen LogP) is 2.07. The fourth-order valence-corrected chi connectivity index (χ4v) is 1.01. The topological polar surface area (TPSA) is 62.2 Å². The van der Waals surface area contributed by atoms with Gasteiger partial charge in [-0.3, -0.25) is 5.32 Å². The molecule has 0 aromatic carbocycles. The molecule has 0 spiro atoms. The second kappa shape index (κ2) is 3.48. The molecule has 6 heteroatoms. The fourth-order valence-electron chi connectivity index (χ4n) is 0.615. The van der Waals surface area contributed by atoms with Gasteiger partial charge in [0.15, 0.2) is 0 Å². The lowest BCUT2D eigenvalue weighted by atomic mass is 10.4. The standard InChI is InChI=1S/C6H4BrFN2O2/c7-3-1-5(8)9-2-4(3)10-6(11)12/h1-2,10H,(H,11,12). The van der Waals surface area contributed by atoms with Gasteiger partial charge in [0.1, 0.15) is 0 Å². The molecule has 1 heterocycles. The second-order valence-electron chi connectivity index (χ2n) is 1.92. The summed E-state index contributed by atoms with van der Waals surface area (Å²) in [5.41, 5.74) is 0.212. The van der Waals surface area contributed by atoms with Gasteiger partial charge in [0.2, 0.25) is 5.95 Å². The lowest BCUT2D eigenvalue weighted by Crippen LogP contribution is -2.08. The second-order valence-corrected chi connectivity index (χ2v) is 2.77. The zero-order valence-corrected chi connectivity index (χ0v) is 7.30. The van der Waals surface area contributed by atoms with Crippen molar-refractivity contribution in [1.29, 1.82) is 0 Å². The van der Waals surface area contributed by atoms with Crippen LogP contribution < -0.4 is 5.32 Å². The van der Waals surface area contributed by atoms with Crippen LogP contribution in [0.4, 0.5) is 14.9 Å². The summed E-state index contributed by atoms with van der Waals surface area (Å²) < 4.78 is 12.7. The molecule has 4 nitrogen and oxygen atoms in total. The van der Waals surface area contributed by atoms with Crippen molar-refractivity contribution in [1.82, 2.24) is 4.98 Å². The van der Waals surface area contributed by atoms with E-state index in [-0.39, 0.29) is 5.69 Å². The average Bonchev–Trinajstić information content (AvgIpc) is 1.94. The summed E-state index contributed by atoms with van der Waals surface area (Å²) in [5, 5.41) is 10.3. The first-order valence-electron chi connectivity index (χ1n) is 2.90. The molecular weight excluding hydrogens is 231 g/mol. The van der Waals surface area contributed by atoms with E-state index >= 15 is 0 Å². The van der Waals surface area contributed by atoms with Crippen molar-refractivity contribution < 1.29 is 14.3 Å². The van der Waals surface area contributed by atoms with E-state index in [1.54, 1.807) is 0 Å². The Morgan fingerprint density at radius 2 is 2.42 bits per heavy atom. The minimum Gasteiger partial charge on any atom is -0.465 e. The monoisotopic (exact) mass is 234 g/mol. The molecule has 0 unspecified atom stereocenters. The molecular formula is C6H4BrFN2O2. The summed E-state index contributed by atoms with van der Waals surface area (Å²) >= 11 is 2.97. The van der Waals surface area contributed by atoms with E-state index in [9.17, 15) is 9.18 Å². The molecule has 1 aromatic rings. The molecule has 0 saturated carbocycles. The van der Waals surface area contributed by atoms with Crippen LogP contribution in [-0.2, 0) is 0 Å². The Morgan fingerprint density at radius 1 is 1.75 bits per heavy atom. The summed E-state index contributed by atoms with van der Waals surface area (Å²) in [6.07, 6.45) is -0.128. The molecule has 0 saturated heterocycles. The van der Waals surface area contributed by atoms with E-state index in [0.717, 1.165) is 12.3 Å². The lowest BCUT2D eigenvalue weighted by molar-refractivity contribution is 0.209. The third-order valence-electron chi connectivity index (χ3n) is 1.06. The molecule has 0 aliphatic carbocycles. The van der Waals surface area contributed by atoms with Gasteiger partial charge in [-0.15, -0.1) is 0 Å². The fraction of sp³-hybridized carbons (Fsp3) is 0. The van der Waals surface area contributed by atoms with Crippen molar-refractivity contribution in [2.24, 2.45) is 0 Å². The summed E-state index contributed by atoms with van der Waals surface area (Å²) in [4.78, 5) is 13.4. The minimum atomic E-state index is -1.22. The van der Waals surface area contributed by atoms with Crippen LogP contribution in [0.25, 0.3) is 0 Å². The smallest absolute Gasteiger partial charge is 0.409 e. The molecule has 0 radical (unpaired) electrons. The maximum absolute atomic E-state index is 12.4. The van der Waals surface area contributed by atoms with Gasteiger partial charge in [-0.2, -0.15) is 4.39 Å². The van der Waals surface area contributed by atoms with Crippen molar-refractivity contribution in [2.45, 2.75) is 0 Å². The summed E-state index contributed by atoms with van der Waals surface area (Å²) in [5.74, 6) is -0.669. The third-order valence-corrected chi connectivity index (χ3v) is 1.72. The molecule has 64 valence electrons. The van der Waals surface area contributed by atoms with Crippen molar-refractivity contribution >= 4 is 27.7 Å². The van der Waals surface area contributed by atoms with Crippen LogP contribution in [0.3, 0.4) is 0 Å². The molecule has 0 fully saturated rings. The number of hydrogen-bond acceptors (Lipinski definition) is 2. The Bertz CT molecular complexity index is 318. The first kappa shape index (κ1) is 8.92. The van der Waals surface area contributed by atoms with E-state index in [0.29, 0.717) is 4.47 Å². The number of halogens is 2. The average molecular weight is 235 g/mol. The summed E-state index contributed by atoms with van der Waals surface area (Å²) in [7, 11) is 0. The van der Waals surface area contributed by atoms with Crippen LogP contribution in [0.5, 0.6) is 0 Å². The number of hydrogen-bond donors (Lipinski definition) is 2. The van der Waals surface area contributed by atoms with E-state index < -0.39 is 12.0 Å². The van der Waals surface area contributed by atoms with Crippen LogP contribution in [0.1, 0.15) is 0 Å². The SMILES string of the molecule is O=C(O)Nc1cnc(F)cc1Br. The van der Waals surface area contributed by atoms with Gasteiger partial charge in [0.05, 0.1) is 11.9 Å². The van der Waals surface area contributed by atoms with Gasteiger partial charge in [0, 0.05) is 10.5 Å². The molecule has 1 aromatic heterocycles. The molecule has 12 heavy (non-hydrogen) atoms. The normalized spacial score (nSPS) is 9.50. The highest BCUT2D eigenvalue weighted by atomic mass is 79.9. The molecule has 0 aliphatic heterocycles. The molecule has 0 bridgehead atoms. The number of aromatic nitrogens is 1. The van der Waals surface area contributed by atoms with Gasteiger partial charge >= 0.3 is 6.09 Å². The Kier molecular flexibility index (Phi) is 2.59. The highest BCUT2D eigenvalue weighted by Crippen LogP contribution is 2.20. The highest BCUT2D eigenvalue weighted by Gasteiger charge is 2.04. The van der Waals surface area contributed by atoms with Crippen LogP contribution >= 0.6 is 15.9 Å². The zero-order chi connectivity index (χ0) is 9.14. The van der Waals surface area contributed by atoms with E-state index in [2.05, 4.69) is 20.9 Å². The summed E-state index contributed by atoms with van der Waals surface area (Å²) in [6, 6.07) is 1.07. The van der Waals surface area contributed by atoms with E-state index in [4.69, 9.17) is 5.11 Å². The number of pyridine rings is 1. The van der Waals surface area contributed by atoms with Gasteiger partial charge in [0.25, 0.3) is 0 Å². The number of nitrogens with zero attached hydrogens (tertiary/aromatic N) is 1. The van der Waals surface area contributed by atoms with Gasteiger partial charge in [-0.05, 0) is 15.9 Å². The Balaban J connectivity index is 2.93. The van der Waals surface area contributed by atoms with Crippen molar-refractivity contribution in [3.63, 3.8) is 0 Å². The van der Waals surface area contributed by atoms with Crippen LogP contribution in [0.2, 0.25) is 0 Å². The van der Waals surface area contributed by atoms with Gasteiger partial charge in [-0.1, -0.05) is 0 Å². The molecule has 1 amide bonds. The van der Waals surface area contributed by atoms with Crippen LogP contribution in [-0.4, -0.2) is 16.2 Å². The summed E-state index contributed by atoms with van der Waals surface area (Å²) in [6.45, 7) is 0. The maximum Gasteiger partial charge on any atom is 0.409 e. The van der Waals surface area contributed by atoms with Gasteiger partial charge < -0.3 is 5.11 Å². The van der Waals surface area contributed by atoms with Crippen LogP contribution in [0, 0.1) is 5.95 Å².